The molecule has 6 nitrogen and oxygen atoms in total. The van der Waals surface area contributed by atoms with Crippen LogP contribution in [0.5, 0.6) is 11.5 Å². The number of ether oxygens (including phenoxy) is 1. The average Bonchev–Trinajstić information content (AvgIpc) is 2.53. The molecule has 0 aliphatic heterocycles. The summed E-state index contributed by atoms with van der Waals surface area (Å²) in [4.78, 5) is 22.3. The zero-order valence-electron chi connectivity index (χ0n) is 12.0. The monoisotopic (exact) mass is 307 g/mol. The third kappa shape index (κ3) is 4.72. The molecule has 2 rings (SSSR count). The number of hydrogen-bond acceptors (Lipinski definition) is 4. The average molecular weight is 307 g/mol. The zero-order chi connectivity index (χ0) is 16.7. The van der Waals surface area contributed by atoms with Crippen LogP contribution in [0.4, 0.5) is 4.79 Å². The molecule has 114 valence electrons. The number of hydrogen-bond donors (Lipinski definition) is 2. The minimum absolute atomic E-state index is 0.235. The van der Waals surface area contributed by atoms with E-state index in [1.54, 1.807) is 30.3 Å². The summed E-state index contributed by atoms with van der Waals surface area (Å²) in [6.07, 6.45) is 1.34. The van der Waals surface area contributed by atoms with Crippen molar-refractivity contribution >= 4 is 18.0 Å². The molecule has 0 atom stereocenters. The Hall–Kier alpha value is -3.59. The topological polar surface area (TPSA) is 105 Å². The minimum Gasteiger partial charge on any atom is -0.457 e. The highest BCUT2D eigenvalue weighted by Gasteiger charge is 2.11. The van der Waals surface area contributed by atoms with E-state index in [0.29, 0.717) is 17.1 Å². The first kappa shape index (κ1) is 15.8. The minimum atomic E-state index is -1.02. The Bertz CT molecular complexity index is 792. The Labute approximate surface area is 132 Å². The third-order valence-electron chi connectivity index (χ3n) is 2.75. The van der Waals surface area contributed by atoms with Crippen molar-refractivity contribution < 1.29 is 14.3 Å². The van der Waals surface area contributed by atoms with Crippen LogP contribution in [0.15, 0.2) is 60.2 Å². The highest BCUT2D eigenvalue weighted by Crippen LogP contribution is 2.22. The Kier molecular flexibility index (Phi) is 5.10. The number of nitrogens with two attached hydrogens (primary N) is 1. The second kappa shape index (κ2) is 7.43. The molecule has 0 bridgehead atoms. The van der Waals surface area contributed by atoms with E-state index < -0.39 is 11.9 Å². The van der Waals surface area contributed by atoms with Crippen molar-refractivity contribution in [2.24, 2.45) is 5.73 Å². The molecular formula is C17H13N3O3. The molecule has 2 aromatic carbocycles. The Balaban J connectivity index is 2.21. The van der Waals surface area contributed by atoms with E-state index in [4.69, 9.17) is 15.7 Å². The summed E-state index contributed by atoms with van der Waals surface area (Å²) in [5.74, 6) is 0.368. The molecule has 0 saturated carbocycles. The predicted molar refractivity (Wildman–Crippen MR) is 84.3 cm³/mol. The number of carbonyl (C=O) groups is 2. The van der Waals surface area contributed by atoms with Gasteiger partial charge in [0.2, 0.25) is 0 Å². The maximum absolute atomic E-state index is 11.6. The maximum Gasteiger partial charge on any atom is 0.319 e. The Morgan fingerprint density at radius 1 is 1.09 bits per heavy atom. The van der Waals surface area contributed by atoms with Crippen LogP contribution in [0.2, 0.25) is 0 Å². The lowest BCUT2D eigenvalue weighted by Crippen LogP contribution is -2.35. The molecule has 0 heterocycles. The van der Waals surface area contributed by atoms with Gasteiger partial charge in [-0.2, -0.15) is 5.26 Å². The van der Waals surface area contributed by atoms with E-state index in [2.05, 4.69) is 0 Å². The summed E-state index contributed by atoms with van der Waals surface area (Å²) >= 11 is 0. The molecule has 2 aromatic rings. The molecular weight excluding hydrogens is 294 g/mol. The predicted octanol–water partition coefficient (Wildman–Crippen LogP) is 2.58. The highest BCUT2D eigenvalue weighted by atomic mass is 16.5. The number of para-hydroxylation sites is 1. The first-order chi connectivity index (χ1) is 11.1. The van der Waals surface area contributed by atoms with Gasteiger partial charge in [0.05, 0.1) is 0 Å². The van der Waals surface area contributed by atoms with E-state index >= 15 is 0 Å². The van der Waals surface area contributed by atoms with E-state index in [1.807, 2.05) is 35.6 Å². The molecule has 0 unspecified atom stereocenters. The molecule has 0 aliphatic rings. The second-order valence-electron chi connectivity index (χ2n) is 4.48. The van der Waals surface area contributed by atoms with Gasteiger partial charge in [-0.15, -0.1) is 0 Å². The lowest BCUT2D eigenvalue weighted by atomic mass is 10.1. The number of rotatable bonds is 4. The summed E-state index contributed by atoms with van der Waals surface area (Å²) < 4.78 is 5.67. The van der Waals surface area contributed by atoms with Crippen LogP contribution < -0.4 is 15.8 Å². The van der Waals surface area contributed by atoms with Crippen LogP contribution in [0.1, 0.15) is 5.56 Å². The summed E-state index contributed by atoms with van der Waals surface area (Å²) in [7, 11) is 0. The number of primary amides is 1. The van der Waals surface area contributed by atoms with Crippen molar-refractivity contribution in [3.63, 3.8) is 0 Å². The van der Waals surface area contributed by atoms with Crippen LogP contribution in [0, 0.1) is 11.3 Å². The smallest absolute Gasteiger partial charge is 0.319 e. The number of nitrogens with zero attached hydrogens (tertiary/aromatic N) is 1. The first-order valence-electron chi connectivity index (χ1n) is 6.64. The van der Waals surface area contributed by atoms with Gasteiger partial charge in [0, 0.05) is 0 Å². The van der Waals surface area contributed by atoms with Gasteiger partial charge in [-0.25, -0.2) is 4.79 Å². The van der Waals surface area contributed by atoms with Gasteiger partial charge >= 0.3 is 6.03 Å². The van der Waals surface area contributed by atoms with Crippen molar-refractivity contribution in [1.82, 2.24) is 5.32 Å². The molecule has 0 radical (unpaired) electrons. The van der Waals surface area contributed by atoms with Crippen LogP contribution >= 0.6 is 0 Å². The van der Waals surface area contributed by atoms with Gasteiger partial charge in [-0.3, -0.25) is 10.1 Å². The summed E-state index contributed by atoms with van der Waals surface area (Å²) in [6.45, 7) is 0. The van der Waals surface area contributed by atoms with E-state index in [-0.39, 0.29) is 5.57 Å². The fourth-order valence-electron chi connectivity index (χ4n) is 1.79. The maximum atomic E-state index is 11.6. The normalized spacial score (nSPS) is 10.5. The molecule has 0 spiro atoms. The fourth-order valence-corrected chi connectivity index (χ4v) is 1.79. The van der Waals surface area contributed by atoms with Crippen LogP contribution in [0.25, 0.3) is 6.08 Å². The summed E-state index contributed by atoms with van der Waals surface area (Å²) in [5, 5.41) is 10.9. The Morgan fingerprint density at radius 2 is 1.78 bits per heavy atom. The summed E-state index contributed by atoms with van der Waals surface area (Å²) in [6, 6.07) is 16.7. The third-order valence-corrected chi connectivity index (χ3v) is 2.75. The number of urea groups is 1. The van der Waals surface area contributed by atoms with E-state index in [0.717, 1.165) is 0 Å². The van der Waals surface area contributed by atoms with Crippen LogP contribution in [0.3, 0.4) is 0 Å². The lowest BCUT2D eigenvalue weighted by molar-refractivity contribution is -0.115. The van der Waals surface area contributed by atoms with Crippen molar-refractivity contribution in [2.75, 3.05) is 0 Å². The van der Waals surface area contributed by atoms with Crippen molar-refractivity contribution in [2.45, 2.75) is 0 Å². The van der Waals surface area contributed by atoms with Gasteiger partial charge in [0.1, 0.15) is 23.1 Å². The first-order valence-corrected chi connectivity index (χ1v) is 6.64. The zero-order valence-corrected chi connectivity index (χ0v) is 12.0. The van der Waals surface area contributed by atoms with Gasteiger partial charge in [-0.1, -0.05) is 30.3 Å². The molecule has 3 N–H and O–H groups in total. The largest absolute Gasteiger partial charge is 0.457 e. The van der Waals surface area contributed by atoms with Gasteiger partial charge in [-0.05, 0) is 35.9 Å². The molecule has 6 heteroatoms. The molecule has 23 heavy (non-hydrogen) atoms. The molecule has 0 fully saturated rings. The molecule has 0 saturated heterocycles. The molecule has 0 aliphatic carbocycles. The van der Waals surface area contributed by atoms with Crippen molar-refractivity contribution in [3.8, 4) is 17.6 Å². The number of carbonyl (C=O) groups excluding carboxylic acids is 2. The fraction of sp³-hybridized carbons (Fsp3) is 0. The quantitative estimate of drug-likeness (QED) is 0.669. The number of amides is 3. The van der Waals surface area contributed by atoms with Gasteiger partial charge in [0.15, 0.2) is 0 Å². The van der Waals surface area contributed by atoms with Crippen molar-refractivity contribution in [3.05, 3.63) is 65.7 Å². The van der Waals surface area contributed by atoms with Crippen molar-refractivity contribution in [1.29, 1.82) is 5.26 Å². The second-order valence-corrected chi connectivity index (χ2v) is 4.48. The summed E-state index contributed by atoms with van der Waals surface area (Å²) in [5.41, 5.74) is 5.20. The number of nitriles is 1. The van der Waals surface area contributed by atoms with Gasteiger partial charge in [0.25, 0.3) is 5.91 Å². The lowest BCUT2D eigenvalue weighted by Gasteiger charge is -2.06. The standard InChI is InChI=1S/C17H13N3O3/c18-11-13(16(21)20-17(19)22)9-12-5-4-8-15(10-12)23-14-6-2-1-3-7-14/h1-10H,(H3,19,20,21,22)/b13-9-. The number of nitrogens with one attached hydrogen (secondary N) is 1. The van der Waals surface area contributed by atoms with E-state index in [9.17, 15) is 9.59 Å². The molecule has 3 amide bonds. The number of imide groups is 1. The molecule has 0 aromatic heterocycles. The number of benzene rings is 2. The highest BCUT2D eigenvalue weighted by molar-refractivity contribution is 6.08. The SMILES string of the molecule is N#C/C(=C/c1cccc(Oc2ccccc2)c1)C(=O)NC(N)=O. The van der Waals surface area contributed by atoms with Gasteiger partial charge < -0.3 is 10.5 Å². The van der Waals surface area contributed by atoms with Crippen LogP contribution in [-0.2, 0) is 4.79 Å². The Morgan fingerprint density at radius 3 is 2.43 bits per heavy atom. The van der Waals surface area contributed by atoms with E-state index in [1.165, 1.54) is 6.08 Å². The van der Waals surface area contributed by atoms with Crippen LogP contribution in [-0.4, -0.2) is 11.9 Å².